The maximum atomic E-state index is 9.64. The summed E-state index contributed by atoms with van der Waals surface area (Å²) in [5.74, 6) is 0.846. The number of ether oxygens (including phenoxy) is 1. The molecule has 1 N–H and O–H groups in total. The Morgan fingerprint density at radius 3 is 2.71 bits per heavy atom. The first kappa shape index (κ1) is 12.9. The standard InChI is InChI=1S/C13H18BrNO2/c1-17-13-5-4-10(14)8-11(13)12(9-16)15-6-2-3-7-15/h4-5,8,12,16H,2-3,6-7,9H2,1H3. The highest BCUT2D eigenvalue weighted by Crippen LogP contribution is 2.33. The van der Waals surface area contributed by atoms with Crippen molar-refractivity contribution in [3.05, 3.63) is 28.2 Å². The molecule has 1 aromatic carbocycles. The fourth-order valence-corrected chi connectivity index (χ4v) is 2.81. The van der Waals surface area contributed by atoms with Crippen LogP contribution in [-0.4, -0.2) is 36.8 Å². The van der Waals surface area contributed by atoms with E-state index in [4.69, 9.17) is 4.74 Å². The van der Waals surface area contributed by atoms with Crippen molar-refractivity contribution < 1.29 is 9.84 Å². The second-order valence-electron chi connectivity index (χ2n) is 4.33. The number of aliphatic hydroxyl groups is 1. The van der Waals surface area contributed by atoms with Crippen molar-refractivity contribution in [2.45, 2.75) is 18.9 Å². The number of rotatable bonds is 4. The minimum absolute atomic E-state index is 0.0462. The van der Waals surface area contributed by atoms with Crippen molar-refractivity contribution in [3.63, 3.8) is 0 Å². The average molecular weight is 300 g/mol. The molecular formula is C13H18BrNO2. The van der Waals surface area contributed by atoms with Crippen LogP contribution in [-0.2, 0) is 0 Å². The van der Waals surface area contributed by atoms with Gasteiger partial charge in [0, 0.05) is 10.0 Å². The summed E-state index contributed by atoms with van der Waals surface area (Å²) in [7, 11) is 1.67. The maximum absolute atomic E-state index is 9.64. The molecule has 1 aliphatic rings. The Hall–Kier alpha value is -0.580. The van der Waals surface area contributed by atoms with Crippen LogP contribution < -0.4 is 4.74 Å². The summed E-state index contributed by atoms with van der Waals surface area (Å²) in [6, 6.07) is 5.99. The van der Waals surface area contributed by atoms with Gasteiger partial charge in [0.05, 0.1) is 19.8 Å². The van der Waals surface area contributed by atoms with E-state index in [0.717, 1.165) is 28.9 Å². The van der Waals surface area contributed by atoms with Gasteiger partial charge in [-0.15, -0.1) is 0 Å². The quantitative estimate of drug-likeness (QED) is 0.927. The van der Waals surface area contributed by atoms with E-state index in [1.807, 2.05) is 18.2 Å². The molecule has 94 valence electrons. The van der Waals surface area contributed by atoms with Crippen LogP contribution in [0.15, 0.2) is 22.7 Å². The van der Waals surface area contributed by atoms with Gasteiger partial charge in [-0.25, -0.2) is 0 Å². The van der Waals surface area contributed by atoms with E-state index in [1.54, 1.807) is 7.11 Å². The highest BCUT2D eigenvalue weighted by molar-refractivity contribution is 9.10. The van der Waals surface area contributed by atoms with Gasteiger partial charge >= 0.3 is 0 Å². The lowest BCUT2D eigenvalue weighted by Crippen LogP contribution is -2.28. The highest BCUT2D eigenvalue weighted by Gasteiger charge is 2.25. The van der Waals surface area contributed by atoms with Crippen LogP contribution in [0, 0.1) is 0 Å². The minimum Gasteiger partial charge on any atom is -0.496 e. The molecule has 1 heterocycles. The number of halogens is 1. The molecule has 2 rings (SSSR count). The van der Waals surface area contributed by atoms with Crippen LogP contribution in [0.2, 0.25) is 0 Å². The molecule has 1 atom stereocenters. The minimum atomic E-state index is 0.0462. The summed E-state index contributed by atoms with van der Waals surface area (Å²) < 4.78 is 6.40. The van der Waals surface area contributed by atoms with Crippen molar-refractivity contribution in [2.75, 3.05) is 26.8 Å². The fourth-order valence-electron chi connectivity index (χ4n) is 2.43. The highest BCUT2D eigenvalue weighted by atomic mass is 79.9. The fraction of sp³-hybridized carbons (Fsp3) is 0.538. The van der Waals surface area contributed by atoms with E-state index < -0.39 is 0 Å². The van der Waals surface area contributed by atoms with Crippen LogP contribution >= 0.6 is 15.9 Å². The van der Waals surface area contributed by atoms with Gasteiger partial charge in [0.25, 0.3) is 0 Å². The Morgan fingerprint density at radius 2 is 2.12 bits per heavy atom. The second-order valence-corrected chi connectivity index (χ2v) is 5.24. The molecule has 1 aliphatic heterocycles. The van der Waals surface area contributed by atoms with Gasteiger partial charge in [-0.2, -0.15) is 0 Å². The van der Waals surface area contributed by atoms with Crippen molar-refractivity contribution in [1.82, 2.24) is 4.90 Å². The molecule has 0 bridgehead atoms. The van der Waals surface area contributed by atoms with Crippen molar-refractivity contribution in [3.8, 4) is 5.75 Å². The summed E-state index contributed by atoms with van der Waals surface area (Å²) in [5.41, 5.74) is 1.06. The first-order valence-corrected chi connectivity index (χ1v) is 6.74. The van der Waals surface area contributed by atoms with E-state index in [-0.39, 0.29) is 12.6 Å². The summed E-state index contributed by atoms with van der Waals surface area (Å²) in [4.78, 5) is 2.32. The normalized spacial score (nSPS) is 18.3. The van der Waals surface area contributed by atoms with E-state index in [2.05, 4.69) is 20.8 Å². The van der Waals surface area contributed by atoms with E-state index in [9.17, 15) is 5.11 Å². The largest absolute Gasteiger partial charge is 0.496 e. The van der Waals surface area contributed by atoms with Gasteiger partial charge in [0.2, 0.25) is 0 Å². The molecule has 0 radical (unpaired) electrons. The van der Waals surface area contributed by atoms with Gasteiger partial charge < -0.3 is 9.84 Å². The molecule has 4 heteroatoms. The molecule has 1 fully saturated rings. The number of hydrogen-bond acceptors (Lipinski definition) is 3. The first-order valence-electron chi connectivity index (χ1n) is 5.94. The Bertz CT molecular complexity index is 378. The van der Waals surface area contributed by atoms with Gasteiger partial charge in [-0.05, 0) is 44.1 Å². The smallest absolute Gasteiger partial charge is 0.123 e. The topological polar surface area (TPSA) is 32.7 Å². The van der Waals surface area contributed by atoms with Crippen LogP contribution in [0.1, 0.15) is 24.4 Å². The molecule has 0 amide bonds. The number of nitrogens with zero attached hydrogens (tertiary/aromatic N) is 1. The maximum Gasteiger partial charge on any atom is 0.123 e. The predicted molar refractivity (Wildman–Crippen MR) is 71.3 cm³/mol. The first-order chi connectivity index (χ1) is 8.26. The molecule has 3 nitrogen and oxygen atoms in total. The monoisotopic (exact) mass is 299 g/mol. The van der Waals surface area contributed by atoms with Gasteiger partial charge in [0.15, 0.2) is 0 Å². The predicted octanol–water partition coefficient (Wildman–Crippen LogP) is 2.59. The number of likely N-dealkylation sites (tertiary alicyclic amines) is 1. The summed E-state index contributed by atoms with van der Waals surface area (Å²) in [6.07, 6.45) is 2.43. The lowest BCUT2D eigenvalue weighted by Gasteiger charge is -2.27. The summed E-state index contributed by atoms with van der Waals surface area (Å²) >= 11 is 3.48. The molecule has 0 aliphatic carbocycles. The SMILES string of the molecule is COc1ccc(Br)cc1C(CO)N1CCCC1. The number of hydrogen-bond donors (Lipinski definition) is 1. The number of aliphatic hydroxyl groups excluding tert-OH is 1. The van der Waals surface area contributed by atoms with Crippen LogP contribution in [0.3, 0.4) is 0 Å². The van der Waals surface area contributed by atoms with Gasteiger partial charge in [-0.1, -0.05) is 15.9 Å². The Morgan fingerprint density at radius 1 is 1.41 bits per heavy atom. The number of methoxy groups -OCH3 is 1. The third-order valence-corrected chi connectivity index (χ3v) is 3.80. The molecule has 0 saturated carbocycles. The Balaban J connectivity index is 2.31. The number of benzene rings is 1. The zero-order valence-electron chi connectivity index (χ0n) is 10.0. The van der Waals surface area contributed by atoms with Crippen LogP contribution in [0.4, 0.5) is 0 Å². The van der Waals surface area contributed by atoms with Gasteiger partial charge in [0.1, 0.15) is 5.75 Å². The summed E-state index contributed by atoms with van der Waals surface area (Å²) in [5, 5.41) is 9.64. The lowest BCUT2D eigenvalue weighted by molar-refractivity contribution is 0.144. The lowest BCUT2D eigenvalue weighted by atomic mass is 10.1. The van der Waals surface area contributed by atoms with E-state index in [0.29, 0.717) is 0 Å². The zero-order valence-corrected chi connectivity index (χ0v) is 11.6. The summed E-state index contributed by atoms with van der Waals surface area (Å²) in [6.45, 7) is 2.24. The molecule has 17 heavy (non-hydrogen) atoms. The molecular weight excluding hydrogens is 282 g/mol. The van der Waals surface area contributed by atoms with Crippen LogP contribution in [0.25, 0.3) is 0 Å². The van der Waals surface area contributed by atoms with Crippen LogP contribution in [0.5, 0.6) is 5.75 Å². The van der Waals surface area contributed by atoms with Gasteiger partial charge in [-0.3, -0.25) is 4.90 Å². The molecule has 1 aromatic rings. The Labute approximate surface area is 111 Å². The molecule has 1 saturated heterocycles. The molecule has 0 spiro atoms. The third-order valence-electron chi connectivity index (χ3n) is 3.31. The average Bonchev–Trinajstić information content (AvgIpc) is 2.84. The van der Waals surface area contributed by atoms with Crippen molar-refractivity contribution in [1.29, 1.82) is 0 Å². The van der Waals surface area contributed by atoms with E-state index in [1.165, 1.54) is 12.8 Å². The van der Waals surface area contributed by atoms with Crippen molar-refractivity contribution >= 4 is 15.9 Å². The van der Waals surface area contributed by atoms with Crippen molar-refractivity contribution in [2.24, 2.45) is 0 Å². The van der Waals surface area contributed by atoms with E-state index >= 15 is 0 Å². The third kappa shape index (κ3) is 2.81. The molecule has 1 unspecified atom stereocenters. The second kappa shape index (κ2) is 5.85. The zero-order chi connectivity index (χ0) is 12.3. The Kier molecular flexibility index (Phi) is 4.42. The molecule has 0 aromatic heterocycles.